The molecule has 0 unspecified atom stereocenters. The number of nitrogens with zero attached hydrogens (tertiary/aromatic N) is 2. The molecule has 1 aromatic carbocycles. The average molecular weight is 337 g/mol. The fourth-order valence-electron chi connectivity index (χ4n) is 2.66. The van der Waals surface area contributed by atoms with Gasteiger partial charge in [0.2, 0.25) is 5.91 Å². The lowest BCUT2D eigenvalue weighted by atomic mass is 9.87. The number of amides is 3. The molecule has 0 radical (unpaired) electrons. The maximum absolute atomic E-state index is 12.2. The lowest BCUT2D eigenvalue weighted by Crippen LogP contribution is -2.37. The van der Waals surface area contributed by atoms with E-state index in [1.165, 1.54) is 12.3 Å². The van der Waals surface area contributed by atoms with Crippen molar-refractivity contribution in [2.45, 2.75) is 26.2 Å². The Hall–Kier alpha value is -3.02. The van der Waals surface area contributed by atoms with Crippen LogP contribution in [0.25, 0.3) is 0 Å². The molecule has 0 spiro atoms. The van der Waals surface area contributed by atoms with E-state index >= 15 is 0 Å². The quantitative estimate of drug-likeness (QED) is 0.873. The Bertz CT molecular complexity index is 816. The summed E-state index contributed by atoms with van der Waals surface area (Å²) in [7, 11) is 0. The van der Waals surface area contributed by atoms with Crippen molar-refractivity contribution in [1.82, 2.24) is 9.88 Å². The molecule has 0 saturated heterocycles. The van der Waals surface area contributed by atoms with Crippen molar-refractivity contribution >= 4 is 23.4 Å². The first-order chi connectivity index (χ1) is 11.8. The number of anilines is 1. The molecule has 0 bridgehead atoms. The predicted octanol–water partition coefficient (Wildman–Crippen LogP) is 2.61. The number of nitrogens with one attached hydrogen (secondary N) is 1. The summed E-state index contributed by atoms with van der Waals surface area (Å²) in [6.07, 6.45) is 1.45. The van der Waals surface area contributed by atoms with Gasteiger partial charge in [-0.15, -0.1) is 0 Å². The Morgan fingerprint density at radius 2 is 1.76 bits per heavy atom. The molecule has 0 fully saturated rings. The molecule has 6 nitrogen and oxygen atoms in total. The molecule has 6 heteroatoms. The summed E-state index contributed by atoms with van der Waals surface area (Å²) in [6.45, 7) is 5.99. The number of fused-ring (bicyclic) bond motifs is 1. The second-order valence-corrected chi connectivity index (χ2v) is 6.97. The van der Waals surface area contributed by atoms with E-state index in [0.29, 0.717) is 5.69 Å². The van der Waals surface area contributed by atoms with Gasteiger partial charge in [0, 0.05) is 11.9 Å². The van der Waals surface area contributed by atoms with Crippen LogP contribution < -0.4 is 5.32 Å². The van der Waals surface area contributed by atoms with Gasteiger partial charge in [-0.25, -0.2) is 0 Å². The molecule has 1 aliphatic heterocycles. The third kappa shape index (κ3) is 3.28. The van der Waals surface area contributed by atoms with Gasteiger partial charge in [0.05, 0.1) is 5.56 Å². The van der Waals surface area contributed by atoms with E-state index in [9.17, 15) is 14.4 Å². The smallest absolute Gasteiger partial charge is 0.280 e. The summed E-state index contributed by atoms with van der Waals surface area (Å²) >= 11 is 0. The van der Waals surface area contributed by atoms with Crippen molar-refractivity contribution in [1.29, 1.82) is 0 Å². The monoisotopic (exact) mass is 337 g/mol. The fourth-order valence-corrected chi connectivity index (χ4v) is 2.66. The molecular weight excluding hydrogens is 318 g/mol. The molecule has 3 amide bonds. The minimum atomic E-state index is -0.543. The molecule has 2 aromatic rings. The van der Waals surface area contributed by atoms with Crippen LogP contribution in [-0.4, -0.2) is 34.2 Å². The summed E-state index contributed by atoms with van der Waals surface area (Å²) in [6, 6.07) is 10.6. The Morgan fingerprint density at radius 1 is 1.08 bits per heavy atom. The Labute approximate surface area is 145 Å². The van der Waals surface area contributed by atoms with Gasteiger partial charge in [-0.1, -0.05) is 32.9 Å². The molecule has 3 rings (SSSR count). The van der Waals surface area contributed by atoms with E-state index in [2.05, 4.69) is 31.1 Å². The van der Waals surface area contributed by atoms with Crippen LogP contribution in [0.4, 0.5) is 5.69 Å². The van der Waals surface area contributed by atoms with Crippen molar-refractivity contribution in [2.75, 3.05) is 11.9 Å². The molecule has 0 aliphatic carbocycles. The normalized spacial score (nSPS) is 13.8. The van der Waals surface area contributed by atoms with Crippen molar-refractivity contribution in [3.63, 3.8) is 0 Å². The second-order valence-electron chi connectivity index (χ2n) is 6.97. The highest BCUT2D eigenvalue weighted by molar-refractivity contribution is 6.21. The van der Waals surface area contributed by atoms with Crippen molar-refractivity contribution in [2.24, 2.45) is 0 Å². The van der Waals surface area contributed by atoms with E-state index in [1.807, 2.05) is 24.3 Å². The Balaban J connectivity index is 1.68. The van der Waals surface area contributed by atoms with Crippen LogP contribution in [0.2, 0.25) is 0 Å². The number of hydrogen-bond acceptors (Lipinski definition) is 4. The van der Waals surface area contributed by atoms with Gasteiger partial charge < -0.3 is 5.32 Å². The molecule has 25 heavy (non-hydrogen) atoms. The first-order valence-electron chi connectivity index (χ1n) is 7.99. The Morgan fingerprint density at radius 3 is 2.36 bits per heavy atom. The first-order valence-corrected chi connectivity index (χ1v) is 7.99. The summed E-state index contributed by atoms with van der Waals surface area (Å²) in [4.78, 5) is 41.5. The highest BCUT2D eigenvalue weighted by Crippen LogP contribution is 2.24. The number of pyridine rings is 1. The SMILES string of the molecule is CC(C)(C)c1ccc(NC(=O)CN2C(=O)c3cccnc3C2=O)cc1. The van der Waals surface area contributed by atoms with E-state index in [1.54, 1.807) is 6.07 Å². The average Bonchev–Trinajstić information content (AvgIpc) is 2.80. The van der Waals surface area contributed by atoms with E-state index < -0.39 is 17.7 Å². The second kappa shape index (κ2) is 6.12. The molecular formula is C19H19N3O3. The topological polar surface area (TPSA) is 79.4 Å². The zero-order valence-corrected chi connectivity index (χ0v) is 14.4. The largest absolute Gasteiger partial charge is 0.325 e. The van der Waals surface area contributed by atoms with Gasteiger partial charge in [-0.3, -0.25) is 24.3 Å². The standard InChI is InChI=1S/C19H19N3O3/c1-19(2,3)12-6-8-13(9-7-12)21-15(23)11-22-17(24)14-5-4-10-20-16(14)18(22)25/h4-10H,11H2,1-3H3,(H,21,23). The van der Waals surface area contributed by atoms with Crippen molar-refractivity contribution < 1.29 is 14.4 Å². The number of rotatable bonds is 3. The molecule has 1 aromatic heterocycles. The summed E-state index contributed by atoms with van der Waals surface area (Å²) in [5.74, 6) is -1.47. The van der Waals surface area contributed by atoms with Crippen LogP contribution in [0.5, 0.6) is 0 Å². The number of aromatic nitrogens is 1. The number of imide groups is 1. The molecule has 0 saturated carbocycles. The van der Waals surface area contributed by atoms with E-state index in [4.69, 9.17) is 0 Å². The minimum absolute atomic E-state index is 0.0235. The molecule has 0 atom stereocenters. The highest BCUT2D eigenvalue weighted by atomic mass is 16.2. The van der Waals surface area contributed by atoms with Crippen LogP contribution in [0.3, 0.4) is 0 Å². The summed E-state index contributed by atoms with van der Waals surface area (Å²) < 4.78 is 0. The van der Waals surface area contributed by atoms with Crippen LogP contribution in [-0.2, 0) is 10.2 Å². The van der Waals surface area contributed by atoms with Crippen LogP contribution in [0, 0.1) is 0 Å². The predicted molar refractivity (Wildman–Crippen MR) is 93.4 cm³/mol. The fraction of sp³-hybridized carbons (Fsp3) is 0.263. The third-order valence-electron chi connectivity index (χ3n) is 4.07. The van der Waals surface area contributed by atoms with E-state index in [-0.39, 0.29) is 23.2 Å². The summed E-state index contributed by atoms with van der Waals surface area (Å²) in [5, 5.41) is 2.71. The minimum Gasteiger partial charge on any atom is -0.325 e. The molecule has 128 valence electrons. The molecule has 1 N–H and O–H groups in total. The third-order valence-corrected chi connectivity index (χ3v) is 4.07. The van der Waals surface area contributed by atoms with Gasteiger partial charge >= 0.3 is 0 Å². The zero-order chi connectivity index (χ0) is 18.2. The van der Waals surface area contributed by atoms with E-state index in [0.717, 1.165) is 10.5 Å². The van der Waals surface area contributed by atoms with Crippen molar-refractivity contribution in [3.05, 3.63) is 59.4 Å². The number of carbonyl (C=O) groups excluding carboxylic acids is 3. The van der Waals surface area contributed by atoms with Crippen LogP contribution >= 0.6 is 0 Å². The lowest BCUT2D eigenvalue weighted by molar-refractivity contribution is -0.116. The number of benzene rings is 1. The molecule has 1 aliphatic rings. The number of carbonyl (C=O) groups is 3. The summed E-state index contributed by atoms with van der Waals surface area (Å²) in [5.41, 5.74) is 2.12. The zero-order valence-electron chi connectivity index (χ0n) is 14.4. The highest BCUT2D eigenvalue weighted by Gasteiger charge is 2.37. The van der Waals surface area contributed by atoms with Gasteiger partial charge in [0.15, 0.2) is 0 Å². The lowest BCUT2D eigenvalue weighted by Gasteiger charge is -2.19. The van der Waals surface area contributed by atoms with Gasteiger partial charge in [-0.05, 0) is 35.2 Å². The molecule has 2 heterocycles. The van der Waals surface area contributed by atoms with Crippen molar-refractivity contribution in [3.8, 4) is 0 Å². The van der Waals surface area contributed by atoms with Crippen LogP contribution in [0.15, 0.2) is 42.6 Å². The van der Waals surface area contributed by atoms with Crippen LogP contribution in [0.1, 0.15) is 47.2 Å². The van der Waals surface area contributed by atoms with Gasteiger partial charge in [0.1, 0.15) is 12.2 Å². The number of hydrogen-bond donors (Lipinski definition) is 1. The Kier molecular flexibility index (Phi) is 4.12. The maximum Gasteiger partial charge on any atom is 0.280 e. The van der Waals surface area contributed by atoms with Gasteiger partial charge in [-0.2, -0.15) is 0 Å². The van der Waals surface area contributed by atoms with Gasteiger partial charge in [0.25, 0.3) is 11.8 Å². The first kappa shape index (κ1) is 16.8. The maximum atomic E-state index is 12.2.